The summed E-state index contributed by atoms with van der Waals surface area (Å²) in [5, 5.41) is 15.6. The number of anilines is 2. The number of urea groups is 1. The number of hydrogen-bond donors (Lipinski definition) is 2. The number of benzene rings is 3. The minimum absolute atomic E-state index is 0.275. The van der Waals surface area contributed by atoms with Crippen LogP contribution in [0.25, 0.3) is 10.8 Å². The van der Waals surface area contributed by atoms with Crippen LogP contribution < -0.4 is 10.6 Å². The Labute approximate surface area is 185 Å². The third-order valence-corrected chi connectivity index (χ3v) is 5.23. The van der Waals surface area contributed by atoms with E-state index in [1.54, 1.807) is 48.5 Å². The molecule has 1 aliphatic rings. The van der Waals surface area contributed by atoms with Crippen molar-refractivity contribution in [2.45, 2.75) is 0 Å². The van der Waals surface area contributed by atoms with Crippen LogP contribution in [0.3, 0.4) is 0 Å². The first kappa shape index (κ1) is 21.0. The Hall–Kier alpha value is -4.22. The van der Waals surface area contributed by atoms with Gasteiger partial charge >= 0.3 is 6.03 Å². The Morgan fingerprint density at radius 1 is 0.969 bits per heavy atom. The summed E-state index contributed by atoms with van der Waals surface area (Å²) < 4.78 is 0. The Balaban J connectivity index is 1.63. The van der Waals surface area contributed by atoms with E-state index in [4.69, 9.17) is 5.26 Å². The molecule has 1 heterocycles. The van der Waals surface area contributed by atoms with Gasteiger partial charge in [0.05, 0.1) is 17.2 Å². The molecule has 0 bridgehead atoms. The fraction of sp³-hybridized carbons (Fsp3) is 0.167. The molecule has 160 valence electrons. The van der Waals surface area contributed by atoms with Crippen molar-refractivity contribution >= 4 is 40.0 Å². The molecule has 32 heavy (non-hydrogen) atoms. The lowest BCUT2D eigenvalue weighted by molar-refractivity contribution is 0.0601. The molecule has 2 N–H and O–H groups in total. The average molecular weight is 427 g/mol. The third kappa shape index (κ3) is 4.02. The van der Waals surface area contributed by atoms with E-state index in [0.717, 1.165) is 0 Å². The highest BCUT2D eigenvalue weighted by Crippen LogP contribution is 2.32. The summed E-state index contributed by atoms with van der Waals surface area (Å²) in [6.45, 7) is 0.824. The van der Waals surface area contributed by atoms with Gasteiger partial charge in [-0.3, -0.25) is 14.5 Å². The molecule has 0 aromatic heterocycles. The smallest absolute Gasteiger partial charge is 0.308 e. The summed E-state index contributed by atoms with van der Waals surface area (Å²) in [6, 6.07) is 16.6. The molecule has 0 fully saturated rings. The largest absolute Gasteiger partial charge is 0.323 e. The van der Waals surface area contributed by atoms with Crippen molar-refractivity contribution in [2.75, 3.05) is 37.8 Å². The van der Waals surface area contributed by atoms with Gasteiger partial charge in [-0.05, 0) is 61.9 Å². The zero-order chi connectivity index (χ0) is 22.8. The minimum Gasteiger partial charge on any atom is -0.308 e. The Morgan fingerprint density at radius 3 is 2.34 bits per heavy atom. The number of carbonyl (C=O) groups is 3. The van der Waals surface area contributed by atoms with Crippen molar-refractivity contribution in [3.8, 4) is 6.07 Å². The molecule has 3 aromatic rings. The van der Waals surface area contributed by atoms with Crippen LogP contribution in [0.5, 0.6) is 0 Å². The summed E-state index contributed by atoms with van der Waals surface area (Å²) in [5.41, 5.74) is 2.32. The van der Waals surface area contributed by atoms with Crippen molar-refractivity contribution in [1.29, 1.82) is 5.26 Å². The highest BCUT2D eigenvalue weighted by atomic mass is 16.2. The molecular weight excluding hydrogens is 406 g/mol. The van der Waals surface area contributed by atoms with Gasteiger partial charge < -0.3 is 15.5 Å². The third-order valence-electron chi connectivity index (χ3n) is 5.23. The normalized spacial score (nSPS) is 12.8. The number of imide groups is 1. The van der Waals surface area contributed by atoms with Crippen molar-refractivity contribution in [3.05, 3.63) is 71.3 Å². The van der Waals surface area contributed by atoms with Crippen LogP contribution in [0.4, 0.5) is 16.2 Å². The Bertz CT molecular complexity index is 1280. The lowest BCUT2D eigenvalue weighted by atomic mass is 9.93. The van der Waals surface area contributed by atoms with Gasteiger partial charge in [-0.2, -0.15) is 5.26 Å². The molecule has 0 saturated heterocycles. The van der Waals surface area contributed by atoms with Crippen molar-refractivity contribution in [3.63, 3.8) is 0 Å². The van der Waals surface area contributed by atoms with Gasteiger partial charge in [0.1, 0.15) is 0 Å². The number of rotatable bonds is 5. The Kier molecular flexibility index (Phi) is 5.58. The summed E-state index contributed by atoms with van der Waals surface area (Å²) in [4.78, 5) is 41.7. The van der Waals surface area contributed by atoms with E-state index in [9.17, 15) is 14.4 Å². The SMILES string of the molecule is CN(C)CCN1C(=O)c2cccc3cc(NC(=O)Nc4ccc(C#N)cc4)cc(c23)C1=O. The summed E-state index contributed by atoms with van der Waals surface area (Å²) >= 11 is 0. The topological polar surface area (TPSA) is 106 Å². The fourth-order valence-corrected chi connectivity index (χ4v) is 3.65. The molecule has 3 aromatic carbocycles. The predicted octanol–water partition coefficient (Wildman–Crippen LogP) is 3.51. The minimum atomic E-state index is -0.485. The second kappa shape index (κ2) is 8.49. The molecule has 0 spiro atoms. The fourth-order valence-electron chi connectivity index (χ4n) is 3.65. The van der Waals surface area contributed by atoms with Crippen LogP contribution in [0.15, 0.2) is 54.6 Å². The first-order chi connectivity index (χ1) is 15.4. The maximum absolute atomic E-state index is 13.1. The van der Waals surface area contributed by atoms with Gasteiger partial charge in [-0.25, -0.2) is 4.79 Å². The van der Waals surface area contributed by atoms with E-state index in [1.165, 1.54) is 4.90 Å². The molecular formula is C24H21N5O3. The molecule has 0 saturated carbocycles. The van der Waals surface area contributed by atoms with E-state index in [1.807, 2.05) is 31.1 Å². The second-order valence-corrected chi connectivity index (χ2v) is 7.76. The predicted molar refractivity (Wildman–Crippen MR) is 122 cm³/mol. The molecule has 4 amide bonds. The first-order valence-electron chi connectivity index (χ1n) is 10.0. The zero-order valence-electron chi connectivity index (χ0n) is 17.7. The Morgan fingerprint density at radius 2 is 1.66 bits per heavy atom. The second-order valence-electron chi connectivity index (χ2n) is 7.76. The average Bonchev–Trinajstić information content (AvgIpc) is 2.77. The highest BCUT2D eigenvalue weighted by Gasteiger charge is 2.33. The van der Waals surface area contributed by atoms with E-state index in [2.05, 4.69) is 10.6 Å². The lowest BCUT2D eigenvalue weighted by Gasteiger charge is -2.28. The van der Waals surface area contributed by atoms with Gasteiger partial charge in [-0.1, -0.05) is 12.1 Å². The number of amides is 4. The number of carbonyl (C=O) groups excluding carboxylic acids is 3. The molecule has 0 aliphatic carbocycles. The van der Waals surface area contributed by atoms with Gasteiger partial charge in [0.15, 0.2) is 0 Å². The summed E-state index contributed by atoms with van der Waals surface area (Å²) in [5.74, 6) is -0.689. The van der Waals surface area contributed by atoms with Crippen LogP contribution in [0, 0.1) is 11.3 Å². The van der Waals surface area contributed by atoms with Crippen LogP contribution in [-0.4, -0.2) is 54.8 Å². The van der Waals surface area contributed by atoms with Crippen molar-refractivity contribution in [1.82, 2.24) is 9.80 Å². The van der Waals surface area contributed by atoms with E-state index >= 15 is 0 Å². The van der Waals surface area contributed by atoms with Crippen LogP contribution >= 0.6 is 0 Å². The molecule has 0 radical (unpaired) electrons. The lowest BCUT2D eigenvalue weighted by Crippen LogP contribution is -2.43. The maximum atomic E-state index is 13.1. The van der Waals surface area contributed by atoms with Gasteiger partial charge in [-0.15, -0.1) is 0 Å². The molecule has 8 nitrogen and oxygen atoms in total. The monoisotopic (exact) mass is 427 g/mol. The number of nitrogens with zero attached hydrogens (tertiary/aromatic N) is 3. The maximum Gasteiger partial charge on any atom is 0.323 e. The molecule has 0 atom stereocenters. The molecule has 0 unspecified atom stereocenters. The van der Waals surface area contributed by atoms with Crippen LogP contribution in [0.1, 0.15) is 26.3 Å². The highest BCUT2D eigenvalue weighted by molar-refractivity contribution is 6.26. The number of nitriles is 1. The molecule has 8 heteroatoms. The first-order valence-corrected chi connectivity index (χ1v) is 10.0. The van der Waals surface area contributed by atoms with Gasteiger partial charge in [0.25, 0.3) is 11.8 Å². The van der Waals surface area contributed by atoms with Crippen molar-refractivity contribution < 1.29 is 14.4 Å². The van der Waals surface area contributed by atoms with Crippen LogP contribution in [0.2, 0.25) is 0 Å². The van der Waals surface area contributed by atoms with E-state index in [-0.39, 0.29) is 18.4 Å². The summed E-state index contributed by atoms with van der Waals surface area (Å²) in [6.07, 6.45) is 0. The number of nitrogens with one attached hydrogen (secondary N) is 2. The van der Waals surface area contributed by atoms with E-state index < -0.39 is 6.03 Å². The zero-order valence-corrected chi connectivity index (χ0v) is 17.7. The van der Waals surface area contributed by atoms with E-state index in [0.29, 0.717) is 45.4 Å². The van der Waals surface area contributed by atoms with Gasteiger partial charge in [0, 0.05) is 35.4 Å². The number of likely N-dealkylation sites (N-methyl/N-ethyl adjacent to an activating group) is 1. The quantitative estimate of drug-likeness (QED) is 0.606. The van der Waals surface area contributed by atoms with Crippen molar-refractivity contribution in [2.24, 2.45) is 0 Å². The molecule has 4 rings (SSSR count). The molecule has 1 aliphatic heterocycles. The standard InChI is InChI=1S/C24H21N5O3/c1-28(2)10-11-29-22(30)19-5-3-4-16-12-18(13-20(21(16)19)23(29)31)27-24(32)26-17-8-6-15(14-25)7-9-17/h3-9,12-13H,10-11H2,1-2H3,(H2,26,27,32). The summed E-state index contributed by atoms with van der Waals surface area (Å²) in [7, 11) is 3.75. The van der Waals surface area contributed by atoms with Gasteiger partial charge in [0.2, 0.25) is 0 Å². The number of hydrogen-bond acceptors (Lipinski definition) is 5. The van der Waals surface area contributed by atoms with Crippen LogP contribution in [-0.2, 0) is 0 Å².